The molecule has 0 saturated carbocycles. The first-order chi connectivity index (χ1) is 8.34. The van der Waals surface area contributed by atoms with Gasteiger partial charge < -0.3 is 0 Å². The minimum atomic E-state index is 1.05. The molecule has 3 heteroatoms. The van der Waals surface area contributed by atoms with Gasteiger partial charge in [0.15, 0.2) is 4.96 Å². The summed E-state index contributed by atoms with van der Waals surface area (Å²) in [5.41, 5.74) is 3.54. The van der Waals surface area contributed by atoms with E-state index in [-0.39, 0.29) is 0 Å². The van der Waals surface area contributed by atoms with Crippen LogP contribution in [0.1, 0.15) is 19.4 Å². The Balaban J connectivity index is 0.000000514. The Labute approximate surface area is 106 Å². The average molecular weight is 244 g/mol. The van der Waals surface area contributed by atoms with Gasteiger partial charge in [-0.15, -0.1) is 11.3 Å². The normalized spacial score (nSPS) is 10.1. The zero-order valence-electron chi connectivity index (χ0n) is 10.3. The van der Waals surface area contributed by atoms with Crippen molar-refractivity contribution in [2.24, 2.45) is 0 Å². The van der Waals surface area contributed by atoms with E-state index in [1.54, 1.807) is 11.3 Å². The molecule has 2 nitrogen and oxygen atoms in total. The van der Waals surface area contributed by atoms with E-state index in [2.05, 4.69) is 46.8 Å². The van der Waals surface area contributed by atoms with E-state index in [1.165, 1.54) is 11.1 Å². The minimum Gasteiger partial charge on any atom is -0.297 e. The summed E-state index contributed by atoms with van der Waals surface area (Å²) in [7, 11) is 0. The molecule has 0 atom stereocenters. The number of hydrogen-bond acceptors (Lipinski definition) is 2. The predicted molar refractivity (Wildman–Crippen MR) is 74.6 cm³/mol. The number of thiazole rings is 1. The average Bonchev–Trinajstić information content (AvgIpc) is 2.92. The smallest absolute Gasteiger partial charge is 0.194 e. The van der Waals surface area contributed by atoms with E-state index in [0.29, 0.717) is 0 Å². The van der Waals surface area contributed by atoms with Gasteiger partial charge in [-0.25, -0.2) is 4.98 Å². The van der Waals surface area contributed by atoms with Gasteiger partial charge in [0.2, 0.25) is 0 Å². The van der Waals surface area contributed by atoms with Gasteiger partial charge in [0.25, 0.3) is 0 Å². The highest BCUT2D eigenvalue weighted by Gasteiger charge is 2.06. The lowest BCUT2D eigenvalue weighted by atomic mass is 10.1. The minimum absolute atomic E-state index is 1.05. The van der Waals surface area contributed by atoms with Crippen molar-refractivity contribution in [3.05, 3.63) is 47.6 Å². The molecule has 0 aliphatic carbocycles. The Kier molecular flexibility index (Phi) is 3.59. The molecule has 0 aliphatic heterocycles. The lowest BCUT2D eigenvalue weighted by Gasteiger charge is -1.99. The predicted octanol–water partition coefficient (Wildman–Crippen LogP) is 4.40. The zero-order valence-corrected chi connectivity index (χ0v) is 11.2. The highest BCUT2D eigenvalue weighted by molar-refractivity contribution is 7.15. The van der Waals surface area contributed by atoms with Crippen LogP contribution in [-0.2, 0) is 0 Å². The van der Waals surface area contributed by atoms with Gasteiger partial charge in [-0.2, -0.15) is 0 Å². The molecular weight excluding hydrogens is 228 g/mol. The van der Waals surface area contributed by atoms with Crippen molar-refractivity contribution in [1.82, 2.24) is 9.38 Å². The van der Waals surface area contributed by atoms with Crippen LogP contribution in [-0.4, -0.2) is 9.38 Å². The van der Waals surface area contributed by atoms with Gasteiger partial charge in [0.1, 0.15) is 0 Å². The Morgan fingerprint density at radius 2 is 1.94 bits per heavy atom. The molecule has 88 valence electrons. The lowest BCUT2D eigenvalue weighted by molar-refractivity contribution is 1.23. The molecule has 2 heterocycles. The van der Waals surface area contributed by atoms with Crippen molar-refractivity contribution in [3.8, 4) is 11.3 Å². The highest BCUT2D eigenvalue weighted by atomic mass is 32.1. The molecule has 0 aliphatic rings. The molecule has 0 spiro atoms. The van der Waals surface area contributed by atoms with Crippen LogP contribution in [0.4, 0.5) is 0 Å². The number of benzene rings is 1. The van der Waals surface area contributed by atoms with E-state index in [9.17, 15) is 0 Å². The number of fused-ring (bicyclic) bond motifs is 1. The number of nitrogens with zero attached hydrogens (tertiary/aromatic N) is 2. The maximum atomic E-state index is 4.59. The summed E-state index contributed by atoms with van der Waals surface area (Å²) in [6.07, 6.45) is 4.11. The van der Waals surface area contributed by atoms with Gasteiger partial charge in [0.05, 0.1) is 5.69 Å². The van der Waals surface area contributed by atoms with Crippen LogP contribution >= 0.6 is 11.3 Å². The number of rotatable bonds is 1. The second-order valence-electron chi connectivity index (χ2n) is 3.53. The summed E-state index contributed by atoms with van der Waals surface area (Å²) >= 11 is 1.66. The molecule has 0 saturated heterocycles. The summed E-state index contributed by atoms with van der Waals surface area (Å²) in [6.45, 7) is 6.11. The highest BCUT2D eigenvalue weighted by Crippen LogP contribution is 2.23. The summed E-state index contributed by atoms with van der Waals surface area (Å²) in [4.78, 5) is 5.63. The Bertz CT molecular complexity index is 579. The van der Waals surface area contributed by atoms with E-state index in [1.807, 2.05) is 25.4 Å². The Morgan fingerprint density at radius 3 is 2.65 bits per heavy atom. The van der Waals surface area contributed by atoms with E-state index in [0.717, 1.165) is 10.7 Å². The quantitative estimate of drug-likeness (QED) is 0.620. The topological polar surface area (TPSA) is 17.3 Å². The number of aromatic nitrogens is 2. The molecule has 0 radical (unpaired) electrons. The van der Waals surface area contributed by atoms with Crippen LogP contribution in [0.2, 0.25) is 0 Å². The molecule has 2 aromatic heterocycles. The van der Waals surface area contributed by atoms with E-state index >= 15 is 0 Å². The van der Waals surface area contributed by atoms with Crippen molar-refractivity contribution < 1.29 is 0 Å². The number of imidazole rings is 1. The van der Waals surface area contributed by atoms with Gasteiger partial charge in [-0.1, -0.05) is 38.1 Å². The van der Waals surface area contributed by atoms with E-state index < -0.39 is 0 Å². The molecule has 17 heavy (non-hydrogen) atoms. The molecule has 3 aromatic rings. The van der Waals surface area contributed by atoms with Crippen molar-refractivity contribution in [2.45, 2.75) is 20.8 Å². The zero-order chi connectivity index (χ0) is 12.3. The number of aryl methyl sites for hydroxylation is 1. The van der Waals surface area contributed by atoms with Crippen LogP contribution < -0.4 is 0 Å². The van der Waals surface area contributed by atoms with Crippen LogP contribution in [0, 0.1) is 6.92 Å². The summed E-state index contributed by atoms with van der Waals surface area (Å²) in [5.74, 6) is 0. The molecule has 0 bridgehead atoms. The van der Waals surface area contributed by atoms with Crippen molar-refractivity contribution >= 4 is 16.3 Å². The summed E-state index contributed by atoms with van der Waals surface area (Å²) < 4.78 is 2.06. The molecule has 0 unspecified atom stereocenters. The second kappa shape index (κ2) is 5.15. The number of hydrogen-bond donors (Lipinski definition) is 0. The monoisotopic (exact) mass is 244 g/mol. The fourth-order valence-corrected chi connectivity index (χ4v) is 2.42. The second-order valence-corrected chi connectivity index (χ2v) is 4.41. The SMILES string of the molecule is CC.Cc1ccccc1-c1cn2ccsc2n1. The van der Waals surface area contributed by atoms with Crippen LogP contribution in [0.5, 0.6) is 0 Å². The molecule has 1 aromatic carbocycles. The fraction of sp³-hybridized carbons (Fsp3) is 0.214. The van der Waals surface area contributed by atoms with Gasteiger partial charge >= 0.3 is 0 Å². The van der Waals surface area contributed by atoms with Crippen LogP contribution in [0.15, 0.2) is 42.0 Å². The van der Waals surface area contributed by atoms with Crippen LogP contribution in [0.3, 0.4) is 0 Å². The Morgan fingerprint density at radius 1 is 1.18 bits per heavy atom. The lowest BCUT2D eigenvalue weighted by Crippen LogP contribution is -1.81. The standard InChI is InChI=1S/C12H10N2S.C2H6/c1-9-4-2-3-5-10(9)11-8-14-6-7-15-12(14)13-11;1-2/h2-8H,1H3;1-2H3. The molecular formula is C14H16N2S. The maximum absolute atomic E-state index is 4.59. The maximum Gasteiger partial charge on any atom is 0.194 e. The third kappa shape index (κ3) is 2.24. The fourth-order valence-electron chi connectivity index (χ4n) is 1.72. The van der Waals surface area contributed by atoms with Crippen molar-refractivity contribution in [1.29, 1.82) is 0 Å². The van der Waals surface area contributed by atoms with Crippen molar-refractivity contribution in [3.63, 3.8) is 0 Å². The first-order valence-electron chi connectivity index (χ1n) is 5.83. The third-order valence-electron chi connectivity index (χ3n) is 2.51. The van der Waals surface area contributed by atoms with Crippen LogP contribution in [0.25, 0.3) is 16.2 Å². The van der Waals surface area contributed by atoms with Gasteiger partial charge in [-0.05, 0) is 12.5 Å². The molecule has 3 rings (SSSR count). The molecule has 0 N–H and O–H groups in total. The molecule has 0 amide bonds. The Hall–Kier alpha value is -1.61. The molecule has 0 fully saturated rings. The van der Waals surface area contributed by atoms with Crippen molar-refractivity contribution in [2.75, 3.05) is 0 Å². The first-order valence-corrected chi connectivity index (χ1v) is 6.71. The first kappa shape index (κ1) is 11.9. The van der Waals surface area contributed by atoms with E-state index in [4.69, 9.17) is 0 Å². The largest absolute Gasteiger partial charge is 0.297 e. The van der Waals surface area contributed by atoms with Gasteiger partial charge in [0, 0.05) is 23.3 Å². The summed E-state index contributed by atoms with van der Waals surface area (Å²) in [5, 5.41) is 2.05. The van der Waals surface area contributed by atoms with Gasteiger partial charge in [-0.3, -0.25) is 4.40 Å². The summed E-state index contributed by atoms with van der Waals surface area (Å²) in [6, 6.07) is 8.33. The third-order valence-corrected chi connectivity index (χ3v) is 3.28.